The van der Waals surface area contributed by atoms with Crippen LogP contribution in [0, 0.1) is 6.92 Å². The van der Waals surface area contributed by atoms with Gasteiger partial charge in [-0.25, -0.2) is 4.79 Å². The highest BCUT2D eigenvalue weighted by molar-refractivity contribution is 5.84. The molecule has 0 unspecified atom stereocenters. The summed E-state index contributed by atoms with van der Waals surface area (Å²) >= 11 is 0. The van der Waals surface area contributed by atoms with Crippen molar-refractivity contribution >= 4 is 11.8 Å². The molecule has 0 saturated carbocycles. The second-order valence-electron chi connectivity index (χ2n) is 6.45. The second-order valence-corrected chi connectivity index (χ2v) is 6.45. The van der Waals surface area contributed by atoms with Gasteiger partial charge in [0.05, 0.1) is 6.20 Å². The molecule has 0 aliphatic heterocycles. The first-order chi connectivity index (χ1) is 10.8. The second kappa shape index (κ2) is 7.28. The van der Waals surface area contributed by atoms with Gasteiger partial charge in [0, 0.05) is 30.0 Å². The van der Waals surface area contributed by atoms with E-state index in [0.29, 0.717) is 5.69 Å². The summed E-state index contributed by atoms with van der Waals surface area (Å²) in [5.41, 5.74) is 3.59. The Morgan fingerprint density at radius 1 is 1.22 bits per heavy atom. The number of aromatic nitrogens is 2. The Morgan fingerprint density at radius 2 is 1.91 bits per heavy atom. The maximum atomic E-state index is 11.7. The van der Waals surface area contributed by atoms with E-state index in [1.54, 1.807) is 0 Å². The number of nitrogens with zero attached hydrogens (tertiary/aromatic N) is 1. The van der Waals surface area contributed by atoms with Gasteiger partial charge < -0.3 is 10.1 Å². The van der Waals surface area contributed by atoms with Gasteiger partial charge in [0.2, 0.25) is 0 Å². The molecule has 1 aromatic carbocycles. The highest BCUT2D eigenvalue weighted by atomic mass is 16.6. The molecule has 0 saturated heterocycles. The van der Waals surface area contributed by atoms with E-state index in [0.717, 1.165) is 29.9 Å². The highest BCUT2D eigenvalue weighted by Crippen LogP contribution is 2.13. The predicted octanol–water partition coefficient (Wildman–Crippen LogP) is 3.35. The average molecular weight is 316 g/mol. The third-order valence-electron chi connectivity index (χ3n) is 3.18. The first kappa shape index (κ1) is 17.0. The van der Waals surface area contributed by atoms with Crippen molar-refractivity contribution < 1.29 is 9.53 Å². The largest absolute Gasteiger partial charge is 0.444 e. The number of hydrogen-bond donors (Lipinski definition) is 3. The average Bonchev–Trinajstić information content (AvgIpc) is 2.84. The molecule has 0 fully saturated rings. The number of amides is 1. The van der Waals surface area contributed by atoms with Gasteiger partial charge in [0.25, 0.3) is 0 Å². The smallest absolute Gasteiger partial charge is 0.412 e. The zero-order chi connectivity index (χ0) is 16.9. The van der Waals surface area contributed by atoms with Crippen molar-refractivity contribution in [2.45, 2.75) is 46.4 Å². The third-order valence-corrected chi connectivity index (χ3v) is 3.18. The van der Waals surface area contributed by atoms with Crippen molar-refractivity contribution in [2.24, 2.45) is 0 Å². The Bertz CT molecular complexity index is 641. The van der Waals surface area contributed by atoms with Crippen LogP contribution in [0.25, 0.3) is 0 Å². The number of hydrogen-bond acceptors (Lipinski definition) is 4. The lowest BCUT2D eigenvalue weighted by atomic mass is 10.2. The quantitative estimate of drug-likeness (QED) is 0.790. The van der Waals surface area contributed by atoms with Crippen LogP contribution in [0.15, 0.2) is 30.5 Å². The van der Waals surface area contributed by atoms with Crippen LogP contribution < -0.4 is 10.6 Å². The first-order valence-electron chi connectivity index (χ1n) is 7.62. The molecular weight excluding hydrogens is 292 g/mol. The fourth-order valence-corrected chi connectivity index (χ4v) is 2.02. The molecule has 0 radical (unpaired) electrons. The van der Waals surface area contributed by atoms with Crippen LogP contribution in [0.1, 0.15) is 37.6 Å². The van der Waals surface area contributed by atoms with E-state index in [4.69, 9.17) is 4.74 Å². The van der Waals surface area contributed by atoms with Gasteiger partial charge in [-0.05, 0) is 45.4 Å². The Hall–Kier alpha value is -2.34. The van der Waals surface area contributed by atoms with Crippen molar-refractivity contribution in [2.75, 3.05) is 5.32 Å². The molecule has 0 spiro atoms. The number of benzene rings is 1. The molecule has 2 rings (SSSR count). The van der Waals surface area contributed by atoms with Crippen molar-refractivity contribution in [3.8, 4) is 0 Å². The SMILES string of the molecule is Cc1[nH]ncc1CNCc1ccc(NC(=O)OC(C)(C)C)cc1. The minimum absolute atomic E-state index is 0.446. The summed E-state index contributed by atoms with van der Waals surface area (Å²) in [7, 11) is 0. The molecule has 0 atom stereocenters. The maximum absolute atomic E-state index is 11.7. The Balaban J connectivity index is 1.80. The Kier molecular flexibility index (Phi) is 5.39. The van der Waals surface area contributed by atoms with Crippen LogP contribution in [-0.2, 0) is 17.8 Å². The zero-order valence-electron chi connectivity index (χ0n) is 14.1. The van der Waals surface area contributed by atoms with E-state index in [-0.39, 0.29) is 0 Å². The standard InChI is InChI=1S/C17H24N4O2/c1-12-14(11-19-21-12)10-18-9-13-5-7-15(8-6-13)20-16(22)23-17(2,3)4/h5-8,11,18H,9-10H2,1-4H3,(H,19,21)(H,20,22). The molecule has 1 amide bonds. The van der Waals surface area contributed by atoms with Crippen LogP contribution in [0.3, 0.4) is 0 Å². The van der Waals surface area contributed by atoms with Crippen LogP contribution >= 0.6 is 0 Å². The van der Waals surface area contributed by atoms with Crippen LogP contribution in [0.4, 0.5) is 10.5 Å². The van der Waals surface area contributed by atoms with Crippen molar-refractivity contribution in [3.63, 3.8) is 0 Å². The monoisotopic (exact) mass is 316 g/mol. The molecule has 1 heterocycles. The number of nitrogens with one attached hydrogen (secondary N) is 3. The molecule has 0 aliphatic carbocycles. The molecule has 1 aromatic heterocycles. The molecular formula is C17H24N4O2. The van der Waals surface area contributed by atoms with E-state index >= 15 is 0 Å². The van der Waals surface area contributed by atoms with Gasteiger partial charge >= 0.3 is 6.09 Å². The van der Waals surface area contributed by atoms with E-state index in [9.17, 15) is 4.79 Å². The molecule has 6 heteroatoms. The van der Waals surface area contributed by atoms with Crippen molar-refractivity contribution in [3.05, 3.63) is 47.3 Å². The number of H-pyrrole nitrogens is 1. The number of anilines is 1. The molecule has 3 N–H and O–H groups in total. The molecule has 2 aromatic rings. The summed E-state index contributed by atoms with van der Waals surface area (Å²) in [6, 6.07) is 7.68. The summed E-state index contributed by atoms with van der Waals surface area (Å²) in [6.45, 7) is 9.02. The predicted molar refractivity (Wildman–Crippen MR) is 90.2 cm³/mol. The van der Waals surface area contributed by atoms with Crippen molar-refractivity contribution in [1.82, 2.24) is 15.5 Å². The highest BCUT2D eigenvalue weighted by Gasteiger charge is 2.15. The van der Waals surface area contributed by atoms with E-state index < -0.39 is 11.7 Å². The summed E-state index contributed by atoms with van der Waals surface area (Å²) in [4.78, 5) is 11.7. The van der Waals surface area contributed by atoms with Crippen LogP contribution in [0.5, 0.6) is 0 Å². The summed E-state index contributed by atoms with van der Waals surface area (Å²) in [6.07, 6.45) is 1.38. The lowest BCUT2D eigenvalue weighted by Gasteiger charge is -2.19. The lowest BCUT2D eigenvalue weighted by molar-refractivity contribution is 0.0636. The molecule has 0 aliphatic rings. The Morgan fingerprint density at radius 3 is 2.48 bits per heavy atom. The lowest BCUT2D eigenvalue weighted by Crippen LogP contribution is -2.27. The van der Waals surface area contributed by atoms with Gasteiger partial charge in [0.15, 0.2) is 0 Å². The van der Waals surface area contributed by atoms with Crippen LogP contribution in [-0.4, -0.2) is 21.9 Å². The molecule has 23 heavy (non-hydrogen) atoms. The van der Waals surface area contributed by atoms with Crippen molar-refractivity contribution in [1.29, 1.82) is 0 Å². The first-order valence-corrected chi connectivity index (χ1v) is 7.62. The summed E-state index contributed by atoms with van der Waals surface area (Å²) in [5.74, 6) is 0. The maximum Gasteiger partial charge on any atom is 0.412 e. The normalized spacial score (nSPS) is 11.3. The van der Waals surface area contributed by atoms with E-state index in [1.807, 2.05) is 58.2 Å². The zero-order valence-corrected chi connectivity index (χ0v) is 14.1. The van der Waals surface area contributed by atoms with Gasteiger partial charge in [0.1, 0.15) is 5.60 Å². The number of carbonyl (C=O) groups is 1. The number of ether oxygens (including phenoxy) is 1. The molecule has 124 valence electrons. The number of rotatable bonds is 5. The summed E-state index contributed by atoms with van der Waals surface area (Å²) in [5, 5.41) is 13.0. The fourth-order valence-electron chi connectivity index (χ4n) is 2.02. The molecule has 0 bridgehead atoms. The topological polar surface area (TPSA) is 79.0 Å². The van der Waals surface area contributed by atoms with Gasteiger partial charge in [-0.15, -0.1) is 0 Å². The fraction of sp³-hybridized carbons (Fsp3) is 0.412. The summed E-state index contributed by atoms with van der Waals surface area (Å²) < 4.78 is 5.22. The van der Waals surface area contributed by atoms with Gasteiger partial charge in [-0.3, -0.25) is 10.4 Å². The van der Waals surface area contributed by atoms with E-state index in [1.165, 1.54) is 0 Å². The number of carbonyl (C=O) groups excluding carboxylic acids is 1. The minimum atomic E-state index is -0.501. The van der Waals surface area contributed by atoms with Gasteiger partial charge in [-0.2, -0.15) is 5.10 Å². The Labute approximate surface area is 136 Å². The minimum Gasteiger partial charge on any atom is -0.444 e. The molecule has 6 nitrogen and oxygen atoms in total. The number of aromatic amines is 1. The van der Waals surface area contributed by atoms with Crippen LogP contribution in [0.2, 0.25) is 0 Å². The van der Waals surface area contributed by atoms with E-state index in [2.05, 4.69) is 20.8 Å². The van der Waals surface area contributed by atoms with Gasteiger partial charge in [-0.1, -0.05) is 12.1 Å². The number of aryl methyl sites for hydroxylation is 1. The third kappa shape index (κ3) is 5.75.